The van der Waals surface area contributed by atoms with Gasteiger partial charge in [0.1, 0.15) is 0 Å². The lowest BCUT2D eigenvalue weighted by atomic mass is 9.33. The Balaban J connectivity index is 1.05. The summed E-state index contributed by atoms with van der Waals surface area (Å²) < 4.78 is 0. The van der Waals surface area contributed by atoms with Crippen LogP contribution in [0.5, 0.6) is 0 Å². The quantitative estimate of drug-likeness (QED) is 0.154. The number of nitrogens with zero attached hydrogens (tertiary/aromatic N) is 4. The second-order valence-corrected chi connectivity index (χ2v) is 30.9. The van der Waals surface area contributed by atoms with E-state index in [2.05, 4.69) is 304 Å². The van der Waals surface area contributed by atoms with Crippen molar-refractivity contribution < 1.29 is 0 Å². The molecule has 2 aliphatic carbocycles. The Hall–Kier alpha value is -7.76. The van der Waals surface area contributed by atoms with Crippen LogP contribution in [0.25, 0.3) is 22.3 Å². The molecule has 87 heavy (non-hydrogen) atoms. The van der Waals surface area contributed by atoms with Gasteiger partial charge in [-0.15, -0.1) is 0 Å². The van der Waals surface area contributed by atoms with Crippen molar-refractivity contribution in [3.05, 3.63) is 222 Å². The van der Waals surface area contributed by atoms with E-state index in [0.29, 0.717) is 0 Å². The fraction of sp³-hybridized carbons (Fsp3) is 0.341. The zero-order valence-corrected chi connectivity index (χ0v) is 54.0. The van der Waals surface area contributed by atoms with Crippen molar-refractivity contribution >= 4 is 80.0 Å². The molecule has 0 saturated heterocycles. The third kappa shape index (κ3) is 8.29. The molecule has 5 heteroatoms. The van der Waals surface area contributed by atoms with Crippen molar-refractivity contribution in [1.82, 2.24) is 0 Å². The van der Waals surface area contributed by atoms with Gasteiger partial charge in [0.25, 0.3) is 6.71 Å². The summed E-state index contributed by atoms with van der Waals surface area (Å²) in [6, 6.07) is 76.4. The van der Waals surface area contributed by atoms with E-state index in [4.69, 9.17) is 0 Å². The minimum absolute atomic E-state index is 0.0109. The Labute approximate surface area is 520 Å². The zero-order chi connectivity index (χ0) is 60.4. The average molecular weight is 1140 g/mol. The lowest BCUT2D eigenvalue weighted by Gasteiger charge is -2.51. The summed E-state index contributed by atoms with van der Waals surface area (Å²) in [5.41, 5.74) is 28.2. The molecule has 9 aromatic carbocycles. The number of rotatable bonds is 6. The second kappa shape index (κ2) is 19.4. The third-order valence-electron chi connectivity index (χ3n) is 22.8. The topological polar surface area (TPSA) is 13.0 Å². The van der Waals surface area contributed by atoms with Crippen LogP contribution in [0.3, 0.4) is 0 Å². The highest BCUT2D eigenvalue weighted by atomic mass is 15.3. The normalized spacial score (nSPS) is 22.7. The van der Waals surface area contributed by atoms with Gasteiger partial charge in [0, 0.05) is 67.7 Å². The summed E-state index contributed by atoms with van der Waals surface area (Å²) in [5, 5.41) is 0. The fourth-order valence-electron chi connectivity index (χ4n) is 17.4. The fourth-order valence-corrected chi connectivity index (χ4v) is 17.4. The van der Waals surface area contributed by atoms with Gasteiger partial charge in [0.2, 0.25) is 0 Å². The summed E-state index contributed by atoms with van der Waals surface area (Å²) >= 11 is 0. The van der Waals surface area contributed by atoms with Gasteiger partial charge in [0.05, 0.1) is 11.1 Å². The summed E-state index contributed by atoms with van der Waals surface area (Å²) in [4.78, 5) is 11.0. The van der Waals surface area contributed by atoms with Gasteiger partial charge in [-0.3, -0.25) is 0 Å². The number of hydrogen-bond acceptors (Lipinski definition) is 4. The SMILES string of the molecule is CC(C)(C)c1ccc(N2c3cc(N4c5ccc(C(C)(C)C)cc5C5(C)CCCCC45C)ccc3B3c4ccc(-c5ccccc5)cc4N(c4cccc(-c5ccccc5)c4)c4cc(N5c6ccc(C(C)(C)C)cc6C6(C)CCCCC56C)cc2c43)cc1. The first-order chi connectivity index (χ1) is 41.5. The van der Waals surface area contributed by atoms with E-state index >= 15 is 0 Å². The molecule has 0 spiro atoms. The zero-order valence-electron chi connectivity index (χ0n) is 54.0. The maximum Gasteiger partial charge on any atom is 0.252 e. The molecule has 4 unspecified atom stereocenters. The van der Waals surface area contributed by atoms with Gasteiger partial charge in [-0.2, -0.15) is 0 Å². The molecule has 438 valence electrons. The standard InChI is InChI=1S/C82H87BN4/c1-76(2,3)58-32-36-61(37-33-58)84-72-51-63(86-69-41-34-59(77(4,5)6)49-65(69)79(10)43-20-22-45-81(79,86)12)38-40-68(72)83-67-39-31-57(55-27-18-15-19-28-55)48-71(67)85(62-30-24-29-56(47-62)54-25-16-14-17-26-54)74-53-64(52-73(84)75(74)83)87-70-42-35-60(78(7,8)9)50-66(70)80(11)44-21-23-46-82(80,87)13/h14-19,24-42,47-53H,20-23,43-46H2,1-13H3. The summed E-state index contributed by atoms with van der Waals surface area (Å²) in [7, 11) is 0. The predicted molar refractivity (Wildman–Crippen MR) is 373 cm³/mol. The van der Waals surface area contributed by atoms with Crippen molar-refractivity contribution in [2.75, 3.05) is 19.6 Å². The second-order valence-electron chi connectivity index (χ2n) is 30.9. The van der Waals surface area contributed by atoms with E-state index < -0.39 is 0 Å². The van der Waals surface area contributed by atoms with E-state index in [1.807, 2.05) is 0 Å². The van der Waals surface area contributed by atoms with E-state index in [0.717, 1.165) is 24.9 Å². The Morgan fingerprint density at radius 1 is 0.322 bits per heavy atom. The van der Waals surface area contributed by atoms with Gasteiger partial charge in [0.15, 0.2) is 0 Å². The lowest BCUT2D eigenvalue weighted by molar-refractivity contribution is 0.195. The predicted octanol–water partition coefficient (Wildman–Crippen LogP) is 20.5. The molecule has 4 nitrogen and oxygen atoms in total. The number of benzene rings is 9. The molecule has 0 aromatic heterocycles. The van der Waals surface area contributed by atoms with Gasteiger partial charge < -0.3 is 19.6 Å². The van der Waals surface area contributed by atoms with Crippen molar-refractivity contribution in [1.29, 1.82) is 0 Å². The van der Waals surface area contributed by atoms with E-state index in [9.17, 15) is 0 Å². The van der Waals surface area contributed by atoms with Crippen LogP contribution in [-0.4, -0.2) is 17.8 Å². The maximum atomic E-state index is 2.85. The molecule has 4 heterocycles. The van der Waals surface area contributed by atoms with Crippen molar-refractivity contribution in [2.45, 2.75) is 180 Å². The van der Waals surface area contributed by atoms with Gasteiger partial charge >= 0.3 is 0 Å². The van der Waals surface area contributed by atoms with Gasteiger partial charge in [-0.1, -0.05) is 229 Å². The van der Waals surface area contributed by atoms with Crippen LogP contribution in [-0.2, 0) is 27.1 Å². The monoisotopic (exact) mass is 1140 g/mol. The Kier molecular flexibility index (Phi) is 12.4. The largest absolute Gasteiger partial charge is 0.334 e. The average Bonchev–Trinajstić information content (AvgIpc) is 1.69. The summed E-state index contributed by atoms with van der Waals surface area (Å²) in [5.74, 6) is 0. The molecular weight excluding hydrogens is 1050 g/mol. The highest BCUT2D eigenvalue weighted by Crippen LogP contribution is 2.64. The number of fused-ring (bicyclic) bond motifs is 10. The number of anilines is 10. The molecule has 2 saturated carbocycles. The van der Waals surface area contributed by atoms with E-state index in [1.165, 1.54) is 150 Å². The first kappa shape index (κ1) is 55.8. The molecule has 0 radical (unpaired) electrons. The summed E-state index contributed by atoms with van der Waals surface area (Å²) in [6.45, 7) is 31.6. The Morgan fingerprint density at radius 2 is 0.747 bits per heavy atom. The first-order valence-corrected chi connectivity index (χ1v) is 32.8. The van der Waals surface area contributed by atoms with E-state index in [-0.39, 0.29) is 44.9 Å². The highest BCUT2D eigenvalue weighted by Gasteiger charge is 2.60. The number of hydrogen-bond donors (Lipinski definition) is 0. The highest BCUT2D eigenvalue weighted by molar-refractivity contribution is 7.00. The smallest absolute Gasteiger partial charge is 0.252 e. The molecule has 6 aliphatic rings. The summed E-state index contributed by atoms with van der Waals surface area (Å²) in [6.07, 6.45) is 9.50. The molecule has 4 aliphatic heterocycles. The van der Waals surface area contributed by atoms with Crippen LogP contribution in [0.4, 0.5) is 56.9 Å². The molecule has 0 N–H and O–H groups in total. The Morgan fingerprint density at radius 3 is 1.28 bits per heavy atom. The maximum absolute atomic E-state index is 2.85. The van der Waals surface area contributed by atoms with Crippen molar-refractivity contribution in [2.24, 2.45) is 0 Å². The minimum Gasteiger partial charge on any atom is -0.334 e. The van der Waals surface area contributed by atoms with Crippen LogP contribution in [0.1, 0.15) is 169 Å². The molecule has 2 fully saturated rings. The van der Waals surface area contributed by atoms with Crippen molar-refractivity contribution in [3.8, 4) is 22.3 Å². The molecule has 0 amide bonds. The van der Waals surface area contributed by atoms with Crippen LogP contribution in [0.15, 0.2) is 194 Å². The van der Waals surface area contributed by atoms with Crippen LogP contribution >= 0.6 is 0 Å². The molecule has 0 bridgehead atoms. The Bertz CT molecular complexity index is 4220. The van der Waals surface area contributed by atoms with Gasteiger partial charge in [-0.25, -0.2) is 0 Å². The minimum atomic E-state index is -0.188. The van der Waals surface area contributed by atoms with Crippen molar-refractivity contribution in [3.63, 3.8) is 0 Å². The van der Waals surface area contributed by atoms with Crippen LogP contribution < -0.4 is 36.0 Å². The van der Waals surface area contributed by atoms with E-state index in [1.54, 1.807) is 0 Å². The third-order valence-corrected chi connectivity index (χ3v) is 22.8. The molecule has 4 atom stereocenters. The van der Waals surface area contributed by atoms with Gasteiger partial charge in [-0.05, 0) is 189 Å². The van der Waals surface area contributed by atoms with Crippen LogP contribution in [0, 0.1) is 0 Å². The lowest BCUT2D eigenvalue weighted by Crippen LogP contribution is -2.61. The molecular formula is C82H87BN4. The van der Waals surface area contributed by atoms with Crippen LogP contribution in [0.2, 0.25) is 0 Å². The molecule has 15 rings (SSSR count). The first-order valence-electron chi connectivity index (χ1n) is 32.8. The molecule has 9 aromatic rings.